The molecule has 1 amide bonds. The number of benzene rings is 1. The molecule has 0 saturated carbocycles. The lowest BCUT2D eigenvalue weighted by Gasteiger charge is -2.29. The summed E-state index contributed by atoms with van der Waals surface area (Å²) in [5.41, 5.74) is 2.28. The fourth-order valence-corrected chi connectivity index (χ4v) is 4.56. The number of likely N-dealkylation sites (tertiary alicyclic amines) is 1. The fourth-order valence-electron chi connectivity index (χ4n) is 4.56. The van der Waals surface area contributed by atoms with Crippen LogP contribution in [0.4, 0.5) is 5.95 Å². The van der Waals surface area contributed by atoms with Crippen LogP contribution < -0.4 is 4.90 Å². The molecule has 2 fully saturated rings. The molecule has 6 nitrogen and oxygen atoms in total. The molecule has 0 N–H and O–H groups in total. The van der Waals surface area contributed by atoms with Crippen molar-refractivity contribution in [2.75, 3.05) is 37.7 Å². The molecule has 1 aromatic heterocycles. The van der Waals surface area contributed by atoms with Crippen molar-refractivity contribution in [1.82, 2.24) is 14.9 Å². The van der Waals surface area contributed by atoms with Gasteiger partial charge in [-0.3, -0.25) is 4.79 Å². The molecule has 4 heterocycles. The Morgan fingerprint density at radius 3 is 2.50 bits per heavy atom. The highest BCUT2D eigenvalue weighted by Gasteiger charge is 2.44. The van der Waals surface area contributed by atoms with E-state index in [1.54, 1.807) is 12.4 Å². The lowest BCUT2D eigenvalue weighted by atomic mass is 9.97. The smallest absolute Gasteiger partial charge is 0.256 e. The highest BCUT2D eigenvalue weighted by Crippen LogP contribution is 2.35. The summed E-state index contributed by atoms with van der Waals surface area (Å²) in [6.45, 7) is 4.05. The normalized spacial score (nSPS) is 27.3. The van der Waals surface area contributed by atoms with Gasteiger partial charge in [-0.25, -0.2) is 9.97 Å². The van der Waals surface area contributed by atoms with Crippen molar-refractivity contribution < 1.29 is 9.53 Å². The molecule has 3 aliphatic heterocycles. The maximum absolute atomic E-state index is 13.1. The Balaban J connectivity index is 1.28. The number of nitrogens with zero attached hydrogens (tertiary/aromatic N) is 4. The summed E-state index contributed by atoms with van der Waals surface area (Å²) in [5.74, 6) is 1.89. The van der Waals surface area contributed by atoms with E-state index < -0.39 is 6.10 Å². The van der Waals surface area contributed by atoms with Crippen LogP contribution in [0.25, 0.3) is 0 Å². The Morgan fingerprint density at radius 1 is 1.00 bits per heavy atom. The molecule has 0 aliphatic carbocycles. The van der Waals surface area contributed by atoms with Crippen molar-refractivity contribution in [3.05, 3.63) is 53.9 Å². The Morgan fingerprint density at radius 2 is 1.73 bits per heavy atom. The maximum Gasteiger partial charge on any atom is 0.256 e. The second kappa shape index (κ2) is 6.36. The first-order valence-electron chi connectivity index (χ1n) is 9.30. The Hall–Kier alpha value is -2.47. The predicted molar refractivity (Wildman–Crippen MR) is 96.6 cm³/mol. The number of fused-ring (bicyclic) bond motifs is 2. The standard InChI is InChI=1S/C20H22N4O2/c25-19(18-17-5-2-1-4-14(17)6-9-26-18)23-10-15-12-24(13-16(15)11-23)20-21-7-3-8-22-20/h1-5,7-8,15-16,18H,6,9-13H2. The maximum atomic E-state index is 13.1. The van der Waals surface area contributed by atoms with E-state index in [0.29, 0.717) is 18.4 Å². The number of anilines is 1. The van der Waals surface area contributed by atoms with Crippen LogP contribution in [0.15, 0.2) is 42.7 Å². The van der Waals surface area contributed by atoms with E-state index in [4.69, 9.17) is 4.74 Å². The average molecular weight is 350 g/mol. The van der Waals surface area contributed by atoms with Gasteiger partial charge in [-0.15, -0.1) is 0 Å². The molecule has 1 aromatic carbocycles. The molecule has 26 heavy (non-hydrogen) atoms. The zero-order valence-corrected chi connectivity index (χ0v) is 14.6. The van der Waals surface area contributed by atoms with Crippen molar-refractivity contribution in [3.8, 4) is 0 Å². The summed E-state index contributed by atoms with van der Waals surface area (Å²) in [6.07, 6.45) is 4.01. The molecule has 3 unspecified atom stereocenters. The molecular formula is C20H22N4O2. The van der Waals surface area contributed by atoms with E-state index >= 15 is 0 Å². The summed E-state index contributed by atoms with van der Waals surface area (Å²) in [6, 6.07) is 10.00. The van der Waals surface area contributed by atoms with Crippen molar-refractivity contribution in [2.24, 2.45) is 11.8 Å². The zero-order valence-electron chi connectivity index (χ0n) is 14.6. The van der Waals surface area contributed by atoms with E-state index in [0.717, 1.165) is 44.1 Å². The van der Waals surface area contributed by atoms with Gasteiger partial charge in [0, 0.05) is 50.4 Å². The number of carbonyl (C=O) groups excluding carboxylic acids is 1. The van der Waals surface area contributed by atoms with E-state index in [-0.39, 0.29) is 5.91 Å². The van der Waals surface area contributed by atoms with Gasteiger partial charge in [0.2, 0.25) is 5.95 Å². The predicted octanol–water partition coefficient (Wildman–Crippen LogP) is 1.69. The third-order valence-electron chi connectivity index (χ3n) is 5.85. The van der Waals surface area contributed by atoms with Gasteiger partial charge < -0.3 is 14.5 Å². The minimum atomic E-state index is -0.438. The quantitative estimate of drug-likeness (QED) is 0.825. The van der Waals surface area contributed by atoms with E-state index in [1.165, 1.54) is 5.56 Å². The number of ether oxygens (including phenoxy) is 1. The summed E-state index contributed by atoms with van der Waals surface area (Å²) in [7, 11) is 0. The average Bonchev–Trinajstić information content (AvgIpc) is 3.27. The van der Waals surface area contributed by atoms with Crippen molar-refractivity contribution in [1.29, 1.82) is 0 Å². The Kier molecular flexibility index (Phi) is 3.85. The van der Waals surface area contributed by atoms with Crippen molar-refractivity contribution >= 4 is 11.9 Å². The number of amides is 1. The third kappa shape index (κ3) is 2.65. The highest BCUT2D eigenvalue weighted by atomic mass is 16.5. The number of aromatic nitrogens is 2. The first-order valence-corrected chi connectivity index (χ1v) is 9.30. The van der Waals surface area contributed by atoms with Crippen LogP contribution in [0.3, 0.4) is 0 Å². The fraction of sp³-hybridized carbons (Fsp3) is 0.450. The molecule has 2 aromatic rings. The lowest BCUT2D eigenvalue weighted by molar-refractivity contribution is -0.144. The molecule has 5 rings (SSSR count). The second-order valence-corrected chi connectivity index (χ2v) is 7.42. The molecule has 2 saturated heterocycles. The molecule has 3 atom stereocenters. The highest BCUT2D eigenvalue weighted by molar-refractivity contribution is 5.83. The van der Waals surface area contributed by atoms with Gasteiger partial charge in [0.15, 0.2) is 6.10 Å². The number of hydrogen-bond acceptors (Lipinski definition) is 5. The van der Waals surface area contributed by atoms with Crippen LogP contribution in [0.5, 0.6) is 0 Å². The van der Waals surface area contributed by atoms with Gasteiger partial charge in [-0.1, -0.05) is 24.3 Å². The van der Waals surface area contributed by atoms with E-state index in [2.05, 4.69) is 20.9 Å². The SMILES string of the molecule is O=C(C1OCCc2ccccc21)N1CC2CN(c3ncccn3)CC2C1. The second-order valence-electron chi connectivity index (χ2n) is 7.42. The minimum Gasteiger partial charge on any atom is -0.363 e. The number of rotatable bonds is 2. The van der Waals surface area contributed by atoms with Gasteiger partial charge in [-0.2, -0.15) is 0 Å². The monoisotopic (exact) mass is 350 g/mol. The number of hydrogen-bond donors (Lipinski definition) is 0. The minimum absolute atomic E-state index is 0.120. The van der Waals surface area contributed by atoms with Gasteiger partial charge >= 0.3 is 0 Å². The van der Waals surface area contributed by atoms with Gasteiger partial charge in [0.1, 0.15) is 0 Å². The van der Waals surface area contributed by atoms with Crippen molar-refractivity contribution in [3.63, 3.8) is 0 Å². The largest absolute Gasteiger partial charge is 0.363 e. The van der Waals surface area contributed by atoms with Crippen LogP contribution in [0.2, 0.25) is 0 Å². The first kappa shape index (κ1) is 15.8. The summed E-state index contributed by atoms with van der Waals surface area (Å²) in [4.78, 5) is 26.1. The van der Waals surface area contributed by atoms with Crippen molar-refractivity contribution in [2.45, 2.75) is 12.5 Å². The molecule has 0 bridgehead atoms. The molecule has 0 spiro atoms. The van der Waals surface area contributed by atoms with Crippen LogP contribution >= 0.6 is 0 Å². The molecular weight excluding hydrogens is 328 g/mol. The topological polar surface area (TPSA) is 58.6 Å². The summed E-state index contributed by atoms with van der Waals surface area (Å²) >= 11 is 0. The van der Waals surface area contributed by atoms with Crippen LogP contribution in [0.1, 0.15) is 17.2 Å². The van der Waals surface area contributed by atoms with Crippen LogP contribution in [-0.4, -0.2) is 53.6 Å². The van der Waals surface area contributed by atoms with E-state index in [9.17, 15) is 4.79 Å². The van der Waals surface area contributed by atoms with Gasteiger partial charge in [0.05, 0.1) is 6.61 Å². The van der Waals surface area contributed by atoms with Gasteiger partial charge in [-0.05, 0) is 23.6 Å². The Bertz CT molecular complexity index is 798. The third-order valence-corrected chi connectivity index (χ3v) is 5.85. The first-order chi connectivity index (χ1) is 12.8. The van der Waals surface area contributed by atoms with E-state index in [1.807, 2.05) is 29.2 Å². The van der Waals surface area contributed by atoms with Gasteiger partial charge in [0.25, 0.3) is 5.91 Å². The Labute approximate surface area is 152 Å². The zero-order chi connectivity index (χ0) is 17.5. The van der Waals surface area contributed by atoms with Crippen LogP contribution in [-0.2, 0) is 16.0 Å². The van der Waals surface area contributed by atoms with Crippen LogP contribution in [0, 0.1) is 11.8 Å². The molecule has 0 radical (unpaired) electrons. The number of carbonyl (C=O) groups is 1. The summed E-state index contributed by atoms with van der Waals surface area (Å²) in [5, 5.41) is 0. The molecule has 3 aliphatic rings. The lowest BCUT2D eigenvalue weighted by Crippen LogP contribution is -2.38. The molecule has 134 valence electrons. The molecule has 6 heteroatoms. The summed E-state index contributed by atoms with van der Waals surface area (Å²) < 4.78 is 5.87.